The molecule has 0 radical (unpaired) electrons. The van der Waals surface area contributed by atoms with Crippen LogP contribution in [0.1, 0.15) is 12.5 Å². The Morgan fingerprint density at radius 2 is 2.07 bits per heavy atom. The number of nitrogens with one attached hydrogen (secondary N) is 1. The Bertz CT molecular complexity index is 1100. The molecule has 7 heteroatoms. The lowest BCUT2D eigenvalue weighted by Crippen LogP contribution is -2.19. The van der Waals surface area contributed by atoms with E-state index in [0.717, 1.165) is 11.3 Å². The van der Waals surface area contributed by atoms with Gasteiger partial charge in [0.05, 0.1) is 17.3 Å². The van der Waals surface area contributed by atoms with E-state index in [1.54, 1.807) is 23.0 Å². The molecule has 0 spiro atoms. The number of hydrogen-bond acceptors (Lipinski definition) is 4. The molecule has 146 valence electrons. The highest BCUT2D eigenvalue weighted by atomic mass is 35.5. The van der Waals surface area contributed by atoms with Gasteiger partial charge in [0.1, 0.15) is 23.1 Å². The first kappa shape index (κ1) is 20.2. The van der Waals surface area contributed by atoms with Crippen LogP contribution in [0, 0.1) is 11.3 Å². The molecule has 1 amide bonds. The molecule has 0 atom stereocenters. The third-order valence-electron chi connectivity index (χ3n) is 4.16. The number of rotatable bonds is 6. The van der Waals surface area contributed by atoms with Gasteiger partial charge in [-0.15, -0.1) is 0 Å². The molecule has 6 nitrogen and oxygen atoms in total. The van der Waals surface area contributed by atoms with Gasteiger partial charge in [0.25, 0.3) is 5.91 Å². The van der Waals surface area contributed by atoms with Crippen LogP contribution in [-0.4, -0.2) is 29.3 Å². The zero-order valence-electron chi connectivity index (χ0n) is 16.0. The SMILES string of the molecule is CCOc1ccc(-c2nn(-c3ccccc3)cc2C=C(C#N)C(=O)NC)cc1Cl. The van der Waals surface area contributed by atoms with Crippen molar-refractivity contribution in [2.24, 2.45) is 0 Å². The third kappa shape index (κ3) is 4.48. The van der Waals surface area contributed by atoms with Crippen LogP contribution in [0.15, 0.2) is 60.3 Å². The summed E-state index contributed by atoms with van der Waals surface area (Å²) in [6.07, 6.45) is 3.29. The molecule has 0 bridgehead atoms. The number of para-hydroxylation sites is 1. The predicted molar refractivity (Wildman–Crippen MR) is 113 cm³/mol. The summed E-state index contributed by atoms with van der Waals surface area (Å²) in [6.45, 7) is 2.39. The number of ether oxygens (including phenoxy) is 1. The van der Waals surface area contributed by atoms with Crippen LogP contribution < -0.4 is 10.1 Å². The summed E-state index contributed by atoms with van der Waals surface area (Å²) < 4.78 is 7.19. The fourth-order valence-electron chi connectivity index (χ4n) is 2.79. The Balaban J connectivity index is 2.15. The minimum Gasteiger partial charge on any atom is -0.492 e. The lowest BCUT2D eigenvalue weighted by Gasteiger charge is -2.07. The van der Waals surface area contributed by atoms with Crippen molar-refractivity contribution in [3.63, 3.8) is 0 Å². The smallest absolute Gasteiger partial charge is 0.261 e. The van der Waals surface area contributed by atoms with Crippen LogP contribution in [0.3, 0.4) is 0 Å². The van der Waals surface area contributed by atoms with Crippen LogP contribution in [0.25, 0.3) is 23.0 Å². The van der Waals surface area contributed by atoms with Gasteiger partial charge in [0.15, 0.2) is 0 Å². The maximum absolute atomic E-state index is 12.0. The molecule has 0 fully saturated rings. The molecule has 3 aromatic rings. The molecule has 0 aliphatic carbocycles. The van der Waals surface area contributed by atoms with Gasteiger partial charge in [-0.2, -0.15) is 10.4 Å². The molecule has 0 saturated heterocycles. The molecular formula is C22H19ClN4O2. The molecule has 1 N–H and O–H groups in total. The van der Waals surface area contributed by atoms with Gasteiger partial charge in [0, 0.05) is 24.4 Å². The van der Waals surface area contributed by atoms with Crippen LogP contribution in [-0.2, 0) is 4.79 Å². The van der Waals surface area contributed by atoms with Gasteiger partial charge < -0.3 is 10.1 Å². The van der Waals surface area contributed by atoms with Crippen molar-refractivity contribution >= 4 is 23.6 Å². The van der Waals surface area contributed by atoms with E-state index in [2.05, 4.69) is 10.4 Å². The average molecular weight is 407 g/mol. The molecule has 1 heterocycles. The number of carbonyl (C=O) groups excluding carboxylic acids is 1. The first-order valence-corrected chi connectivity index (χ1v) is 9.36. The van der Waals surface area contributed by atoms with Gasteiger partial charge >= 0.3 is 0 Å². The molecule has 29 heavy (non-hydrogen) atoms. The molecule has 0 saturated carbocycles. The van der Waals surface area contributed by atoms with E-state index in [0.29, 0.717) is 28.6 Å². The molecule has 0 unspecified atom stereocenters. The Morgan fingerprint density at radius 1 is 1.31 bits per heavy atom. The van der Waals surface area contributed by atoms with Crippen molar-refractivity contribution in [2.45, 2.75) is 6.92 Å². The second-order valence-corrected chi connectivity index (χ2v) is 6.45. The van der Waals surface area contributed by atoms with Gasteiger partial charge in [-0.1, -0.05) is 29.8 Å². The van der Waals surface area contributed by atoms with Crippen molar-refractivity contribution < 1.29 is 9.53 Å². The monoisotopic (exact) mass is 406 g/mol. The van der Waals surface area contributed by atoms with E-state index in [1.165, 1.54) is 13.1 Å². The first-order valence-electron chi connectivity index (χ1n) is 8.99. The number of halogens is 1. The minimum atomic E-state index is -0.462. The second kappa shape index (κ2) is 9.09. The number of amides is 1. The molecular weight excluding hydrogens is 388 g/mol. The highest BCUT2D eigenvalue weighted by molar-refractivity contribution is 6.32. The van der Waals surface area contributed by atoms with Gasteiger partial charge in [-0.3, -0.25) is 4.79 Å². The highest BCUT2D eigenvalue weighted by Gasteiger charge is 2.15. The van der Waals surface area contributed by atoms with Crippen LogP contribution in [0.4, 0.5) is 0 Å². The van der Waals surface area contributed by atoms with E-state index in [-0.39, 0.29) is 5.57 Å². The summed E-state index contributed by atoms with van der Waals surface area (Å²) in [5.41, 5.74) is 2.79. The fraction of sp³-hybridized carbons (Fsp3) is 0.136. The van der Waals surface area contributed by atoms with Crippen LogP contribution >= 0.6 is 11.6 Å². The Morgan fingerprint density at radius 3 is 2.69 bits per heavy atom. The summed E-state index contributed by atoms with van der Waals surface area (Å²) in [5.74, 6) is 0.121. The van der Waals surface area contributed by atoms with Gasteiger partial charge in [0.2, 0.25) is 0 Å². The number of hydrogen-bond donors (Lipinski definition) is 1. The van der Waals surface area contributed by atoms with E-state index in [9.17, 15) is 10.1 Å². The maximum Gasteiger partial charge on any atom is 0.261 e. The van der Waals surface area contributed by atoms with Crippen LogP contribution in [0.5, 0.6) is 5.75 Å². The molecule has 0 aliphatic heterocycles. The summed E-state index contributed by atoms with van der Waals surface area (Å²) in [4.78, 5) is 12.0. The Kier molecular flexibility index (Phi) is 6.32. The standard InChI is InChI=1S/C22H19ClN4O2/c1-3-29-20-10-9-15(12-19(20)23)21-17(11-16(13-24)22(28)25-2)14-27(26-21)18-7-5-4-6-8-18/h4-12,14H,3H2,1-2H3,(H,25,28). The topological polar surface area (TPSA) is 79.9 Å². The van der Waals surface area contributed by atoms with Crippen molar-refractivity contribution in [3.8, 4) is 28.8 Å². The number of benzene rings is 2. The van der Waals surface area contributed by atoms with E-state index in [4.69, 9.17) is 16.3 Å². The summed E-state index contributed by atoms with van der Waals surface area (Å²) in [5, 5.41) is 17.0. The zero-order chi connectivity index (χ0) is 20.8. The molecule has 2 aromatic carbocycles. The number of carbonyl (C=O) groups is 1. The van der Waals surface area contributed by atoms with Gasteiger partial charge in [-0.25, -0.2) is 4.68 Å². The van der Waals surface area contributed by atoms with Crippen molar-refractivity contribution in [1.82, 2.24) is 15.1 Å². The fourth-order valence-corrected chi connectivity index (χ4v) is 3.02. The molecule has 0 aliphatic rings. The first-order chi connectivity index (χ1) is 14.1. The third-order valence-corrected chi connectivity index (χ3v) is 4.46. The zero-order valence-corrected chi connectivity index (χ0v) is 16.8. The summed E-state index contributed by atoms with van der Waals surface area (Å²) in [7, 11) is 1.48. The minimum absolute atomic E-state index is 0.0154. The summed E-state index contributed by atoms with van der Waals surface area (Å²) >= 11 is 6.35. The lowest BCUT2D eigenvalue weighted by atomic mass is 10.1. The molecule has 3 rings (SSSR count). The second-order valence-electron chi connectivity index (χ2n) is 6.04. The van der Waals surface area contributed by atoms with Crippen molar-refractivity contribution in [2.75, 3.05) is 13.7 Å². The Labute approximate surface area is 174 Å². The largest absolute Gasteiger partial charge is 0.492 e. The predicted octanol–water partition coefficient (Wildman–Crippen LogP) is 4.24. The number of aromatic nitrogens is 2. The Hall–Kier alpha value is -3.56. The lowest BCUT2D eigenvalue weighted by molar-refractivity contribution is -0.116. The normalized spacial score (nSPS) is 11.0. The molecule has 1 aromatic heterocycles. The van der Waals surface area contributed by atoms with E-state index < -0.39 is 5.91 Å². The van der Waals surface area contributed by atoms with E-state index in [1.807, 2.05) is 49.4 Å². The average Bonchev–Trinajstić information content (AvgIpc) is 3.17. The van der Waals surface area contributed by atoms with Gasteiger partial charge in [-0.05, 0) is 43.3 Å². The van der Waals surface area contributed by atoms with E-state index >= 15 is 0 Å². The highest BCUT2D eigenvalue weighted by Crippen LogP contribution is 2.32. The number of nitrogens with zero attached hydrogens (tertiary/aromatic N) is 3. The van der Waals surface area contributed by atoms with Crippen molar-refractivity contribution in [1.29, 1.82) is 5.26 Å². The maximum atomic E-state index is 12.0. The van der Waals surface area contributed by atoms with Crippen molar-refractivity contribution in [3.05, 3.63) is 70.9 Å². The number of likely N-dealkylation sites (N-methyl/N-ethyl adjacent to an activating group) is 1. The summed E-state index contributed by atoms with van der Waals surface area (Å²) in [6, 6.07) is 16.9. The van der Waals surface area contributed by atoms with Crippen LogP contribution in [0.2, 0.25) is 5.02 Å². The number of nitriles is 1. The quantitative estimate of drug-likeness (QED) is 0.490.